The molecule has 0 saturated heterocycles. The predicted octanol–water partition coefficient (Wildman–Crippen LogP) is 6.81. The minimum absolute atomic E-state index is 1.39. The van der Waals surface area contributed by atoms with Crippen LogP contribution in [0.4, 0.5) is 0 Å². The highest BCUT2D eigenvalue weighted by atomic mass is 15.3. The Morgan fingerprint density at radius 2 is 0.500 bits per heavy atom. The number of aromatic nitrogens is 16. The first-order valence-electron chi connectivity index (χ1n) is 17.7. The molecule has 0 atom stereocenters. The van der Waals surface area contributed by atoms with Crippen LogP contribution in [-0.4, -0.2) is 80.7 Å². The molecule has 2 fully saturated rings. The van der Waals surface area contributed by atoms with Crippen molar-refractivity contribution in [3.8, 4) is 0 Å². The number of nitrogens with zero attached hydrogens (tertiary/aromatic N) is 16. The van der Waals surface area contributed by atoms with E-state index in [-0.39, 0.29) is 0 Å². The van der Waals surface area contributed by atoms with Crippen LogP contribution in [0, 0.1) is 0 Å². The van der Waals surface area contributed by atoms with Crippen LogP contribution < -0.4 is 0 Å². The van der Waals surface area contributed by atoms with Gasteiger partial charge in [-0.25, -0.2) is 29.9 Å². The molecule has 16 heteroatoms. The number of hydrogen-bond donors (Lipinski definition) is 0. The van der Waals surface area contributed by atoms with Crippen molar-refractivity contribution in [3.05, 3.63) is 161 Å². The predicted molar refractivity (Wildman–Crippen MR) is 205 cm³/mol. The fourth-order valence-electron chi connectivity index (χ4n) is 3.81. The van der Waals surface area contributed by atoms with Gasteiger partial charge >= 0.3 is 0 Å². The molecule has 54 heavy (non-hydrogen) atoms. The molecule has 0 aliphatic heterocycles. The Hall–Kier alpha value is -6.58. The van der Waals surface area contributed by atoms with Gasteiger partial charge in [0.2, 0.25) is 0 Å². The van der Waals surface area contributed by atoms with Gasteiger partial charge < -0.3 is 0 Å². The maximum absolute atomic E-state index is 3.78. The average molecular weight is 731 g/mol. The topological polar surface area (TPSA) is 206 Å². The van der Waals surface area contributed by atoms with Crippen molar-refractivity contribution in [2.75, 3.05) is 0 Å². The highest BCUT2D eigenvalue weighted by Gasteiger charge is 1.96. The van der Waals surface area contributed by atoms with Crippen molar-refractivity contribution in [2.24, 2.45) is 0 Å². The zero-order chi connectivity index (χ0) is 38.2. The van der Waals surface area contributed by atoms with E-state index in [9.17, 15) is 0 Å². The molecule has 16 nitrogen and oxygen atoms in total. The summed E-state index contributed by atoms with van der Waals surface area (Å²) in [6, 6.07) is 12.9. The fraction of sp³-hybridized carbons (Fsp3) is 0.316. The van der Waals surface area contributed by atoms with Crippen molar-refractivity contribution in [1.29, 1.82) is 0 Å². The van der Waals surface area contributed by atoms with Crippen molar-refractivity contribution in [2.45, 2.75) is 77.0 Å². The lowest BCUT2D eigenvalue weighted by Gasteiger charge is -2.05. The summed E-state index contributed by atoms with van der Waals surface area (Å²) in [6.45, 7) is 0. The summed E-state index contributed by atoms with van der Waals surface area (Å²) in [5.74, 6) is 0. The van der Waals surface area contributed by atoms with E-state index in [1.165, 1.54) is 115 Å². The van der Waals surface area contributed by atoms with E-state index in [4.69, 9.17) is 0 Å². The van der Waals surface area contributed by atoms with Crippen LogP contribution in [0.5, 0.6) is 0 Å². The van der Waals surface area contributed by atoms with Crippen LogP contribution in [0.2, 0.25) is 0 Å². The van der Waals surface area contributed by atoms with E-state index in [1.807, 2.05) is 30.3 Å². The molecule has 0 amide bonds. The number of hydrogen-bond acceptors (Lipinski definition) is 16. The first-order valence-corrected chi connectivity index (χ1v) is 17.7. The summed E-state index contributed by atoms with van der Waals surface area (Å²) in [7, 11) is 0. The van der Waals surface area contributed by atoms with Crippen molar-refractivity contribution in [1.82, 2.24) is 80.7 Å². The minimum Gasteiger partial charge on any atom is -0.265 e. The standard InChI is InChI=1S/2C6H12.C5H5N.3C4H4N2.3C3H3N3/c3*1-2-4-6-5-3-1;1-2-6-4-3-5-1;1-2-5-4-6-3-1;1-2-4-6-5-3-1;1-4-2-6-3-5-1;1-2-5-6-3-4-1;1-2-4-6-5-3-1/h2*1-6H2;1-5H;3*1-4H;3*1-3H. The summed E-state index contributed by atoms with van der Waals surface area (Å²) >= 11 is 0. The Balaban J connectivity index is 0.000000304. The van der Waals surface area contributed by atoms with E-state index in [0.717, 1.165) is 0 Å². The average Bonchev–Trinajstić information content (AvgIpc) is 3.33. The van der Waals surface area contributed by atoms with Crippen LogP contribution >= 0.6 is 0 Å². The van der Waals surface area contributed by atoms with E-state index >= 15 is 0 Å². The molecule has 7 heterocycles. The highest BCUT2D eigenvalue weighted by Crippen LogP contribution is 2.15. The fourth-order valence-corrected chi connectivity index (χ4v) is 3.81. The van der Waals surface area contributed by atoms with E-state index in [2.05, 4.69) is 80.7 Å². The quantitative estimate of drug-likeness (QED) is 0.157. The van der Waals surface area contributed by atoms with Gasteiger partial charge in [-0.05, 0) is 41.6 Å². The SMILES string of the molecule is C1CCCCC1.C1CCCCC1.c1ccncc1.c1ccnnc1.c1cnccn1.c1cncnc1.c1cnncn1.c1cnnnc1.c1ncncn1. The van der Waals surface area contributed by atoms with Crippen molar-refractivity contribution in [3.63, 3.8) is 0 Å². The third kappa shape index (κ3) is 39.9. The molecule has 9 rings (SSSR count). The molecule has 0 unspecified atom stereocenters. The van der Waals surface area contributed by atoms with Gasteiger partial charge in [0, 0.05) is 68.2 Å². The number of rotatable bonds is 0. The van der Waals surface area contributed by atoms with E-state index < -0.39 is 0 Å². The Kier molecular flexibility index (Phi) is 35.8. The Morgan fingerprint density at radius 3 is 0.648 bits per heavy atom. The number of pyridine rings is 1. The minimum atomic E-state index is 1.39. The zero-order valence-electron chi connectivity index (χ0n) is 30.7. The second-order valence-corrected chi connectivity index (χ2v) is 10.4. The second-order valence-electron chi connectivity index (χ2n) is 10.4. The van der Waals surface area contributed by atoms with Crippen LogP contribution in [0.3, 0.4) is 0 Å². The molecule has 2 aliphatic carbocycles. The molecule has 0 aromatic carbocycles. The van der Waals surface area contributed by atoms with Gasteiger partial charge in [0.05, 0.1) is 18.6 Å². The van der Waals surface area contributed by atoms with Gasteiger partial charge in [-0.1, -0.05) is 83.1 Å². The largest absolute Gasteiger partial charge is 0.265 e. The monoisotopic (exact) mass is 730 g/mol. The first kappa shape index (κ1) is 45.4. The molecule has 282 valence electrons. The summed E-state index contributed by atoms with van der Waals surface area (Å²) in [6.07, 6.45) is 48.2. The van der Waals surface area contributed by atoms with Gasteiger partial charge in [0.1, 0.15) is 31.6 Å². The Morgan fingerprint density at radius 1 is 0.185 bits per heavy atom. The lowest BCUT2D eigenvalue weighted by Crippen LogP contribution is -1.85. The van der Waals surface area contributed by atoms with Crippen LogP contribution in [0.25, 0.3) is 0 Å². The zero-order valence-corrected chi connectivity index (χ0v) is 30.7. The lowest BCUT2D eigenvalue weighted by molar-refractivity contribution is 0.504. The molecule has 0 N–H and O–H groups in total. The molecule has 0 spiro atoms. The summed E-state index contributed by atoms with van der Waals surface area (Å²) in [4.78, 5) is 32.9. The second kappa shape index (κ2) is 42.6. The smallest absolute Gasteiger partial charge is 0.138 e. The molecular weight excluding hydrogens is 681 g/mol. The molecular formula is C38H50N16. The lowest BCUT2D eigenvalue weighted by atomic mass is 10.0. The van der Waals surface area contributed by atoms with Crippen LogP contribution in [0.15, 0.2) is 161 Å². The summed E-state index contributed by atoms with van der Waals surface area (Å²) in [5.41, 5.74) is 0. The Labute approximate surface area is 318 Å². The van der Waals surface area contributed by atoms with Gasteiger partial charge in [-0.2, -0.15) is 15.3 Å². The molecule has 2 aliphatic rings. The molecule has 0 radical (unpaired) electrons. The summed E-state index contributed by atoms with van der Waals surface area (Å²) < 4.78 is 0. The van der Waals surface area contributed by atoms with Gasteiger partial charge in [0.15, 0.2) is 0 Å². The molecule has 7 aromatic heterocycles. The molecule has 0 bridgehead atoms. The molecule has 7 aromatic rings. The third-order valence-electron chi connectivity index (χ3n) is 6.22. The maximum atomic E-state index is 3.78. The third-order valence-corrected chi connectivity index (χ3v) is 6.22. The Bertz CT molecular complexity index is 1020. The van der Waals surface area contributed by atoms with E-state index in [1.54, 1.807) is 92.7 Å². The normalized spacial score (nSPS) is 11.6. The maximum Gasteiger partial charge on any atom is 0.138 e. The van der Waals surface area contributed by atoms with Crippen LogP contribution in [0.1, 0.15) is 77.0 Å². The van der Waals surface area contributed by atoms with Crippen molar-refractivity contribution < 1.29 is 0 Å². The van der Waals surface area contributed by atoms with E-state index in [0.29, 0.717) is 0 Å². The first-order chi connectivity index (χ1) is 27.0. The van der Waals surface area contributed by atoms with Crippen molar-refractivity contribution >= 4 is 0 Å². The molecule has 2 saturated carbocycles. The van der Waals surface area contributed by atoms with Crippen LogP contribution in [-0.2, 0) is 0 Å². The van der Waals surface area contributed by atoms with Gasteiger partial charge in [-0.15, -0.1) is 15.3 Å². The van der Waals surface area contributed by atoms with Gasteiger partial charge in [-0.3, -0.25) is 15.0 Å². The highest BCUT2D eigenvalue weighted by molar-refractivity contribution is 4.88. The summed E-state index contributed by atoms with van der Waals surface area (Å²) in [5, 5.41) is 24.1. The van der Waals surface area contributed by atoms with Gasteiger partial charge in [0.25, 0.3) is 0 Å².